The summed E-state index contributed by atoms with van der Waals surface area (Å²) in [4.78, 5) is 2.34. The van der Waals surface area contributed by atoms with Crippen LogP contribution < -0.4 is 10.6 Å². The SMILES string of the molecule is N#CC(=Cc1ccc(N2CCCC2)cc1)c1nn(CCO)c(N)c1C#N. The molecule has 0 saturated carbocycles. The van der Waals surface area contributed by atoms with E-state index in [9.17, 15) is 10.5 Å². The molecular weight excluding hydrogens is 328 g/mol. The minimum Gasteiger partial charge on any atom is -0.394 e. The average Bonchev–Trinajstić information content (AvgIpc) is 3.29. The van der Waals surface area contributed by atoms with E-state index in [4.69, 9.17) is 10.8 Å². The summed E-state index contributed by atoms with van der Waals surface area (Å²) in [6, 6.07) is 12.1. The highest BCUT2D eigenvalue weighted by Gasteiger charge is 2.19. The number of hydrogen-bond acceptors (Lipinski definition) is 6. The van der Waals surface area contributed by atoms with Gasteiger partial charge in [0.2, 0.25) is 0 Å². The van der Waals surface area contributed by atoms with Crippen LogP contribution in [-0.4, -0.2) is 34.6 Å². The molecule has 2 heterocycles. The van der Waals surface area contributed by atoms with Crippen LogP contribution in [0.2, 0.25) is 0 Å². The number of anilines is 2. The van der Waals surface area contributed by atoms with Crippen molar-refractivity contribution in [3.8, 4) is 12.1 Å². The molecule has 7 heteroatoms. The average molecular weight is 348 g/mol. The van der Waals surface area contributed by atoms with E-state index >= 15 is 0 Å². The van der Waals surface area contributed by atoms with Crippen LogP contribution in [0, 0.1) is 22.7 Å². The summed E-state index contributed by atoms with van der Waals surface area (Å²) in [7, 11) is 0. The lowest BCUT2D eigenvalue weighted by Gasteiger charge is -2.17. The molecule has 1 fully saturated rings. The van der Waals surface area contributed by atoms with Crippen LogP contribution >= 0.6 is 0 Å². The number of allylic oxidation sites excluding steroid dienone is 1. The van der Waals surface area contributed by atoms with E-state index in [-0.39, 0.29) is 35.8 Å². The Labute approximate surface area is 152 Å². The van der Waals surface area contributed by atoms with Crippen molar-refractivity contribution < 1.29 is 5.11 Å². The molecule has 0 atom stereocenters. The van der Waals surface area contributed by atoms with Gasteiger partial charge in [0, 0.05) is 18.8 Å². The number of hydrogen-bond donors (Lipinski definition) is 2. The molecule has 3 N–H and O–H groups in total. The zero-order chi connectivity index (χ0) is 18.5. The molecule has 26 heavy (non-hydrogen) atoms. The minimum absolute atomic E-state index is 0.153. The number of aromatic nitrogens is 2. The summed E-state index contributed by atoms with van der Waals surface area (Å²) >= 11 is 0. The van der Waals surface area contributed by atoms with Gasteiger partial charge in [-0.2, -0.15) is 15.6 Å². The molecule has 132 valence electrons. The standard InChI is InChI=1S/C19H20N6O/c20-12-15(18-17(13-21)19(22)25(23-18)9-10-26)11-14-3-5-16(6-4-14)24-7-1-2-8-24/h3-6,11,26H,1-2,7-10,22H2. The Morgan fingerprint density at radius 1 is 1.23 bits per heavy atom. The summed E-state index contributed by atoms with van der Waals surface area (Å²) in [5.41, 5.74) is 8.58. The molecule has 0 spiro atoms. The summed E-state index contributed by atoms with van der Waals surface area (Å²) < 4.78 is 1.34. The number of nitrogen functional groups attached to an aromatic ring is 1. The monoisotopic (exact) mass is 348 g/mol. The third kappa shape index (κ3) is 3.39. The Morgan fingerprint density at radius 2 is 1.92 bits per heavy atom. The second-order valence-electron chi connectivity index (χ2n) is 6.12. The van der Waals surface area contributed by atoms with Gasteiger partial charge in [0.1, 0.15) is 29.2 Å². The van der Waals surface area contributed by atoms with Crippen molar-refractivity contribution in [3.05, 3.63) is 41.1 Å². The molecule has 1 saturated heterocycles. The first-order valence-electron chi connectivity index (χ1n) is 8.52. The van der Waals surface area contributed by atoms with Crippen molar-refractivity contribution in [2.75, 3.05) is 30.3 Å². The highest BCUT2D eigenvalue weighted by atomic mass is 16.3. The topological polar surface area (TPSA) is 115 Å². The van der Waals surface area contributed by atoms with Crippen molar-refractivity contribution in [1.82, 2.24) is 9.78 Å². The molecule has 7 nitrogen and oxygen atoms in total. The lowest BCUT2D eigenvalue weighted by molar-refractivity contribution is 0.270. The lowest BCUT2D eigenvalue weighted by atomic mass is 10.1. The van der Waals surface area contributed by atoms with Crippen LogP contribution in [0.5, 0.6) is 0 Å². The van der Waals surface area contributed by atoms with E-state index in [0.717, 1.165) is 18.7 Å². The van der Waals surface area contributed by atoms with Crippen LogP contribution in [-0.2, 0) is 6.54 Å². The molecule has 3 rings (SSSR count). The molecule has 0 amide bonds. The van der Waals surface area contributed by atoms with Gasteiger partial charge in [-0.25, -0.2) is 4.68 Å². The van der Waals surface area contributed by atoms with Crippen LogP contribution in [0.4, 0.5) is 11.5 Å². The van der Waals surface area contributed by atoms with Crippen LogP contribution in [0.3, 0.4) is 0 Å². The third-order valence-corrected chi connectivity index (χ3v) is 4.47. The number of benzene rings is 1. The Morgan fingerprint density at radius 3 is 2.50 bits per heavy atom. The maximum atomic E-state index is 9.54. The van der Waals surface area contributed by atoms with Crippen molar-refractivity contribution in [3.63, 3.8) is 0 Å². The molecule has 0 unspecified atom stereocenters. The molecule has 0 radical (unpaired) electrons. The minimum atomic E-state index is -0.153. The van der Waals surface area contributed by atoms with E-state index in [1.807, 2.05) is 30.3 Å². The highest BCUT2D eigenvalue weighted by Crippen LogP contribution is 2.26. The Bertz CT molecular complexity index is 892. The van der Waals surface area contributed by atoms with Crippen LogP contribution in [0.25, 0.3) is 11.6 Å². The van der Waals surface area contributed by atoms with Gasteiger partial charge < -0.3 is 15.7 Å². The van der Waals surface area contributed by atoms with Crippen LogP contribution in [0.1, 0.15) is 29.7 Å². The zero-order valence-electron chi connectivity index (χ0n) is 14.4. The normalized spacial score (nSPS) is 14.3. The second-order valence-corrected chi connectivity index (χ2v) is 6.12. The van der Waals surface area contributed by atoms with E-state index in [0.29, 0.717) is 0 Å². The smallest absolute Gasteiger partial charge is 0.140 e. The van der Waals surface area contributed by atoms with E-state index in [1.54, 1.807) is 6.08 Å². The first-order valence-corrected chi connectivity index (χ1v) is 8.52. The van der Waals surface area contributed by atoms with Crippen molar-refractivity contribution in [1.29, 1.82) is 10.5 Å². The summed E-state index contributed by atoms with van der Waals surface area (Å²) in [5, 5.41) is 32.2. The van der Waals surface area contributed by atoms with E-state index in [1.165, 1.54) is 23.2 Å². The second kappa shape index (κ2) is 7.73. The van der Waals surface area contributed by atoms with Crippen molar-refractivity contribution in [2.45, 2.75) is 19.4 Å². The Kier molecular flexibility index (Phi) is 5.21. The Balaban J connectivity index is 1.92. The van der Waals surface area contributed by atoms with Gasteiger partial charge in [-0.1, -0.05) is 12.1 Å². The fourth-order valence-corrected chi connectivity index (χ4v) is 3.12. The lowest BCUT2D eigenvalue weighted by Crippen LogP contribution is -2.17. The van der Waals surface area contributed by atoms with Gasteiger partial charge in [0.15, 0.2) is 0 Å². The van der Waals surface area contributed by atoms with Gasteiger partial charge in [-0.15, -0.1) is 0 Å². The summed E-state index contributed by atoms with van der Waals surface area (Å²) in [6.45, 7) is 2.17. The fourth-order valence-electron chi connectivity index (χ4n) is 3.12. The van der Waals surface area contributed by atoms with Gasteiger partial charge in [-0.3, -0.25) is 0 Å². The highest BCUT2D eigenvalue weighted by molar-refractivity contribution is 5.91. The van der Waals surface area contributed by atoms with Crippen molar-refractivity contribution >= 4 is 23.2 Å². The molecule has 1 aliphatic rings. The zero-order valence-corrected chi connectivity index (χ0v) is 14.4. The van der Waals surface area contributed by atoms with Gasteiger partial charge >= 0.3 is 0 Å². The predicted molar refractivity (Wildman–Crippen MR) is 99.8 cm³/mol. The first kappa shape index (κ1) is 17.5. The number of nitriles is 2. The number of aliphatic hydroxyl groups excluding tert-OH is 1. The molecular formula is C19H20N6O. The van der Waals surface area contributed by atoms with Crippen LogP contribution in [0.15, 0.2) is 24.3 Å². The summed E-state index contributed by atoms with van der Waals surface area (Å²) in [6.07, 6.45) is 4.13. The Hall–Kier alpha value is -3.29. The predicted octanol–water partition coefficient (Wildman–Crippen LogP) is 1.99. The third-order valence-electron chi connectivity index (χ3n) is 4.47. The molecule has 1 aromatic heterocycles. The summed E-state index contributed by atoms with van der Waals surface area (Å²) in [5.74, 6) is 0.155. The van der Waals surface area contributed by atoms with E-state index in [2.05, 4.69) is 16.1 Å². The number of nitrogens with zero attached hydrogens (tertiary/aromatic N) is 5. The quantitative estimate of drug-likeness (QED) is 0.799. The molecule has 1 aliphatic heterocycles. The molecule has 0 aliphatic carbocycles. The molecule has 0 bridgehead atoms. The van der Waals surface area contributed by atoms with Gasteiger partial charge in [-0.05, 0) is 36.6 Å². The first-order chi connectivity index (χ1) is 12.7. The van der Waals surface area contributed by atoms with Crippen molar-refractivity contribution in [2.24, 2.45) is 0 Å². The maximum absolute atomic E-state index is 9.54. The largest absolute Gasteiger partial charge is 0.394 e. The fraction of sp³-hybridized carbons (Fsp3) is 0.316. The maximum Gasteiger partial charge on any atom is 0.140 e. The van der Waals surface area contributed by atoms with Gasteiger partial charge in [0.05, 0.1) is 18.7 Å². The van der Waals surface area contributed by atoms with E-state index < -0.39 is 0 Å². The molecule has 2 aromatic rings. The number of rotatable bonds is 5. The number of nitrogens with two attached hydrogens (primary N) is 1. The van der Waals surface area contributed by atoms with Gasteiger partial charge in [0.25, 0.3) is 0 Å². The molecule has 1 aromatic carbocycles. The number of aliphatic hydroxyl groups is 1.